The number of carbonyl (C=O) groups is 1. The molecule has 3 rings (SSSR count). The van der Waals surface area contributed by atoms with Crippen molar-refractivity contribution in [3.8, 4) is 0 Å². The molecule has 0 radical (unpaired) electrons. The van der Waals surface area contributed by atoms with Crippen LogP contribution >= 0.6 is 11.3 Å². The van der Waals surface area contributed by atoms with Crippen LogP contribution in [0.15, 0.2) is 0 Å². The van der Waals surface area contributed by atoms with Gasteiger partial charge in [0.15, 0.2) is 0 Å². The molecule has 2 heterocycles. The van der Waals surface area contributed by atoms with Gasteiger partial charge in [-0.15, -0.1) is 11.3 Å². The summed E-state index contributed by atoms with van der Waals surface area (Å²) in [7, 11) is 0. The van der Waals surface area contributed by atoms with E-state index >= 15 is 0 Å². The van der Waals surface area contributed by atoms with E-state index in [1.165, 1.54) is 47.6 Å². The van der Waals surface area contributed by atoms with Gasteiger partial charge in [-0.3, -0.25) is 4.79 Å². The minimum Gasteiger partial charge on any atom is -0.397 e. The summed E-state index contributed by atoms with van der Waals surface area (Å²) in [5, 5.41) is 1.20. The van der Waals surface area contributed by atoms with Gasteiger partial charge in [0, 0.05) is 18.7 Å². The molecule has 0 spiro atoms. The minimum atomic E-state index is -0.391. The first-order valence-electron chi connectivity index (χ1n) is 7.36. The summed E-state index contributed by atoms with van der Waals surface area (Å²) in [5.41, 5.74) is 13.9. The molecule has 1 saturated carbocycles. The molecule has 0 atom stereocenters. The van der Waals surface area contributed by atoms with Crippen molar-refractivity contribution in [2.75, 3.05) is 23.7 Å². The second kappa shape index (κ2) is 4.65. The molecular weight excluding hydrogens is 270 g/mol. The summed E-state index contributed by atoms with van der Waals surface area (Å²) >= 11 is 1.50. The van der Waals surface area contributed by atoms with E-state index in [9.17, 15) is 4.79 Å². The van der Waals surface area contributed by atoms with Crippen LogP contribution < -0.4 is 16.4 Å². The Morgan fingerprint density at radius 1 is 1.30 bits per heavy atom. The van der Waals surface area contributed by atoms with E-state index < -0.39 is 5.91 Å². The number of amides is 1. The molecule has 1 aliphatic carbocycles. The number of nitrogen functional groups attached to an aromatic ring is 1. The summed E-state index contributed by atoms with van der Waals surface area (Å²) in [6.07, 6.45) is 4.73. The van der Waals surface area contributed by atoms with E-state index in [0.717, 1.165) is 13.1 Å². The molecule has 4 N–H and O–H groups in total. The first kappa shape index (κ1) is 13.7. The molecule has 1 saturated heterocycles. The van der Waals surface area contributed by atoms with Gasteiger partial charge in [0.2, 0.25) is 0 Å². The van der Waals surface area contributed by atoms with Crippen LogP contribution in [0.5, 0.6) is 0 Å². The number of carbonyl (C=O) groups excluding carboxylic acids is 1. The molecule has 2 aliphatic rings. The number of rotatable bonds is 3. The number of nitrogens with zero attached hydrogens (tertiary/aromatic N) is 1. The first-order valence-corrected chi connectivity index (χ1v) is 8.17. The number of primary amides is 1. The van der Waals surface area contributed by atoms with Crippen molar-refractivity contribution in [3.63, 3.8) is 0 Å². The summed E-state index contributed by atoms with van der Waals surface area (Å²) in [4.78, 5) is 14.5. The van der Waals surface area contributed by atoms with Crippen LogP contribution in [0, 0.1) is 5.41 Å². The SMILES string of the molecule is CC1(C)CCN(c2sc(C(N)=O)c(N)c2C2CC2)CC1. The van der Waals surface area contributed by atoms with Gasteiger partial charge in [0.05, 0.1) is 10.7 Å². The van der Waals surface area contributed by atoms with E-state index in [1.54, 1.807) is 0 Å². The highest BCUT2D eigenvalue weighted by atomic mass is 32.1. The third-order valence-electron chi connectivity index (χ3n) is 4.58. The van der Waals surface area contributed by atoms with Crippen molar-refractivity contribution in [3.05, 3.63) is 10.4 Å². The second-order valence-electron chi connectivity index (χ2n) is 6.85. The van der Waals surface area contributed by atoms with Gasteiger partial charge >= 0.3 is 0 Å². The van der Waals surface area contributed by atoms with Gasteiger partial charge in [-0.05, 0) is 37.0 Å². The van der Waals surface area contributed by atoms with Crippen LogP contribution in [-0.4, -0.2) is 19.0 Å². The summed E-state index contributed by atoms with van der Waals surface area (Å²) in [5.74, 6) is 0.155. The highest BCUT2D eigenvalue weighted by molar-refractivity contribution is 7.18. The topological polar surface area (TPSA) is 72.3 Å². The Hall–Kier alpha value is -1.23. The Bertz CT molecular complexity index is 536. The molecular formula is C15H23N3OS. The van der Waals surface area contributed by atoms with Gasteiger partial charge in [0.25, 0.3) is 5.91 Å². The number of hydrogen-bond acceptors (Lipinski definition) is 4. The van der Waals surface area contributed by atoms with E-state index in [-0.39, 0.29) is 0 Å². The molecule has 1 aromatic rings. The molecule has 0 aromatic carbocycles. The molecule has 0 unspecified atom stereocenters. The standard InChI is InChI=1S/C15H23N3OS/c1-15(2)5-7-18(8-6-15)14-10(9-3-4-9)11(16)12(20-14)13(17)19/h9H,3-8,16H2,1-2H3,(H2,17,19). The van der Waals surface area contributed by atoms with Crippen molar-refractivity contribution in [2.45, 2.75) is 45.4 Å². The largest absolute Gasteiger partial charge is 0.397 e. The lowest BCUT2D eigenvalue weighted by Crippen LogP contribution is -2.37. The van der Waals surface area contributed by atoms with Crippen LogP contribution in [0.2, 0.25) is 0 Å². The van der Waals surface area contributed by atoms with Crippen molar-refractivity contribution < 1.29 is 4.79 Å². The molecule has 4 nitrogen and oxygen atoms in total. The maximum atomic E-state index is 11.6. The molecule has 1 aromatic heterocycles. The Kier molecular flexibility index (Phi) is 3.20. The maximum absolute atomic E-state index is 11.6. The lowest BCUT2D eigenvalue weighted by Gasteiger charge is -2.38. The van der Waals surface area contributed by atoms with E-state index in [0.29, 0.717) is 21.9 Å². The molecule has 2 fully saturated rings. The predicted molar refractivity (Wildman–Crippen MR) is 84.5 cm³/mol. The monoisotopic (exact) mass is 293 g/mol. The molecule has 1 aliphatic heterocycles. The highest BCUT2D eigenvalue weighted by Gasteiger charge is 2.35. The Morgan fingerprint density at radius 3 is 2.40 bits per heavy atom. The summed E-state index contributed by atoms with van der Waals surface area (Å²) in [6, 6.07) is 0. The number of nitrogens with two attached hydrogens (primary N) is 2. The molecule has 110 valence electrons. The fourth-order valence-corrected chi connectivity index (χ4v) is 4.16. The van der Waals surface area contributed by atoms with Gasteiger partial charge in [-0.25, -0.2) is 0 Å². The number of piperidine rings is 1. The van der Waals surface area contributed by atoms with Crippen molar-refractivity contribution >= 4 is 27.9 Å². The van der Waals surface area contributed by atoms with Gasteiger partial charge in [0.1, 0.15) is 4.88 Å². The average molecular weight is 293 g/mol. The number of anilines is 2. The van der Waals surface area contributed by atoms with Gasteiger partial charge in [-0.1, -0.05) is 13.8 Å². The van der Waals surface area contributed by atoms with Crippen molar-refractivity contribution in [1.29, 1.82) is 0 Å². The Balaban J connectivity index is 1.93. The highest BCUT2D eigenvalue weighted by Crippen LogP contribution is 2.52. The first-order chi connectivity index (χ1) is 9.39. The predicted octanol–water partition coefficient (Wildman–Crippen LogP) is 2.93. The second-order valence-corrected chi connectivity index (χ2v) is 7.85. The van der Waals surface area contributed by atoms with Crippen LogP contribution in [0.3, 0.4) is 0 Å². The zero-order valence-corrected chi connectivity index (χ0v) is 13.1. The third kappa shape index (κ3) is 2.39. The zero-order chi connectivity index (χ0) is 14.5. The third-order valence-corrected chi connectivity index (χ3v) is 5.87. The quantitative estimate of drug-likeness (QED) is 0.900. The summed E-state index contributed by atoms with van der Waals surface area (Å²) in [6.45, 7) is 6.74. The maximum Gasteiger partial charge on any atom is 0.260 e. The van der Waals surface area contributed by atoms with Crippen molar-refractivity contribution in [2.24, 2.45) is 11.1 Å². The molecule has 5 heteroatoms. The van der Waals surface area contributed by atoms with E-state index in [4.69, 9.17) is 11.5 Å². The van der Waals surface area contributed by atoms with E-state index in [1.807, 2.05) is 0 Å². The lowest BCUT2D eigenvalue weighted by atomic mass is 9.83. The van der Waals surface area contributed by atoms with Crippen LogP contribution in [0.1, 0.15) is 60.7 Å². The van der Waals surface area contributed by atoms with Gasteiger partial charge < -0.3 is 16.4 Å². The fraction of sp³-hybridized carbons (Fsp3) is 0.667. The Labute approximate surface area is 124 Å². The summed E-state index contributed by atoms with van der Waals surface area (Å²) < 4.78 is 0. The lowest BCUT2D eigenvalue weighted by molar-refractivity contribution is 0.100. The minimum absolute atomic E-state index is 0.391. The van der Waals surface area contributed by atoms with Crippen LogP contribution in [-0.2, 0) is 0 Å². The Morgan fingerprint density at radius 2 is 1.90 bits per heavy atom. The smallest absolute Gasteiger partial charge is 0.260 e. The van der Waals surface area contributed by atoms with Gasteiger partial charge in [-0.2, -0.15) is 0 Å². The number of thiophene rings is 1. The normalized spacial score (nSPS) is 22.0. The molecule has 1 amide bonds. The van der Waals surface area contributed by atoms with Crippen LogP contribution in [0.4, 0.5) is 10.7 Å². The fourth-order valence-electron chi connectivity index (χ4n) is 2.94. The van der Waals surface area contributed by atoms with Crippen LogP contribution in [0.25, 0.3) is 0 Å². The molecule has 0 bridgehead atoms. The average Bonchev–Trinajstić information content (AvgIpc) is 3.13. The zero-order valence-electron chi connectivity index (χ0n) is 12.2. The van der Waals surface area contributed by atoms with Crippen molar-refractivity contribution in [1.82, 2.24) is 0 Å². The van der Waals surface area contributed by atoms with E-state index in [2.05, 4.69) is 18.7 Å². The molecule has 20 heavy (non-hydrogen) atoms. The number of hydrogen-bond donors (Lipinski definition) is 2.